The Hall–Kier alpha value is -1.88. The Kier molecular flexibility index (Phi) is 9.08. The first-order valence-electron chi connectivity index (χ1n) is 7.88. The SMILES string of the molecule is CC.[CH3][Sn][O]/C(=C/C(C)=O)c1ccc(C(=O)c2ccccc2)cc1. The van der Waals surface area contributed by atoms with Crippen molar-refractivity contribution in [2.45, 2.75) is 25.7 Å². The van der Waals surface area contributed by atoms with Gasteiger partial charge in [0.15, 0.2) is 0 Å². The molecule has 124 valence electrons. The molecule has 0 atom stereocenters. The second-order valence-electron chi connectivity index (χ2n) is 4.70. The molecular formula is C20H22O3Sn. The molecule has 0 heterocycles. The van der Waals surface area contributed by atoms with Crippen LogP contribution >= 0.6 is 0 Å². The van der Waals surface area contributed by atoms with Crippen LogP contribution in [0.3, 0.4) is 0 Å². The monoisotopic (exact) mass is 430 g/mol. The summed E-state index contributed by atoms with van der Waals surface area (Å²) in [6.45, 7) is 5.50. The van der Waals surface area contributed by atoms with Gasteiger partial charge < -0.3 is 0 Å². The zero-order valence-corrected chi connectivity index (χ0v) is 17.4. The third kappa shape index (κ3) is 5.96. The van der Waals surface area contributed by atoms with Gasteiger partial charge in [-0.15, -0.1) is 0 Å². The number of benzene rings is 2. The van der Waals surface area contributed by atoms with Gasteiger partial charge in [-0.2, -0.15) is 0 Å². The molecule has 2 aromatic rings. The molecule has 2 radical (unpaired) electrons. The predicted molar refractivity (Wildman–Crippen MR) is 99.0 cm³/mol. The number of carbonyl (C=O) groups is 2. The normalized spacial score (nSPS) is 10.4. The Morgan fingerprint density at radius 1 is 0.875 bits per heavy atom. The van der Waals surface area contributed by atoms with E-state index in [1.165, 1.54) is 13.0 Å². The van der Waals surface area contributed by atoms with Crippen LogP contribution in [0.1, 0.15) is 42.3 Å². The van der Waals surface area contributed by atoms with Crippen molar-refractivity contribution < 1.29 is 12.7 Å². The maximum atomic E-state index is 12.3. The van der Waals surface area contributed by atoms with Crippen molar-refractivity contribution in [3.63, 3.8) is 0 Å². The Balaban J connectivity index is 0.00000139. The summed E-state index contributed by atoms with van der Waals surface area (Å²) >= 11 is -0.933. The molecule has 0 N–H and O–H groups in total. The zero-order chi connectivity index (χ0) is 17.9. The fourth-order valence-corrected chi connectivity index (χ4v) is 3.14. The number of carbonyl (C=O) groups excluding carboxylic acids is 2. The minimum absolute atomic E-state index is 0.0165. The first-order valence-corrected chi connectivity index (χ1v) is 11.9. The molecule has 0 saturated heterocycles. The Morgan fingerprint density at radius 3 is 1.88 bits per heavy atom. The van der Waals surface area contributed by atoms with Crippen LogP contribution in [-0.4, -0.2) is 33.1 Å². The van der Waals surface area contributed by atoms with E-state index in [4.69, 9.17) is 3.07 Å². The van der Waals surface area contributed by atoms with E-state index in [0.717, 1.165) is 5.56 Å². The Bertz CT molecular complexity index is 689. The molecule has 0 fully saturated rings. The van der Waals surface area contributed by atoms with Crippen molar-refractivity contribution in [3.8, 4) is 0 Å². The van der Waals surface area contributed by atoms with Crippen molar-refractivity contribution in [3.05, 3.63) is 77.4 Å². The predicted octanol–water partition coefficient (Wildman–Crippen LogP) is 4.56. The van der Waals surface area contributed by atoms with Crippen LogP contribution < -0.4 is 0 Å². The molecule has 0 bridgehead atoms. The standard InChI is InChI=1S/C17H14O3.C2H6.CH3.Sn/c1-12(18)11-16(19)13-7-9-15(10-8-13)17(20)14-5-3-2-4-6-14;1-2;;/h2-11,19H,1H3;1-2H3;1H3;/q;;;+1/p-1/b16-11+;;;. The van der Waals surface area contributed by atoms with Crippen LogP contribution in [0.4, 0.5) is 0 Å². The number of hydrogen-bond acceptors (Lipinski definition) is 3. The van der Waals surface area contributed by atoms with Crippen LogP contribution in [0.25, 0.3) is 5.76 Å². The molecule has 0 amide bonds. The molecule has 0 spiro atoms. The summed E-state index contributed by atoms with van der Waals surface area (Å²) in [4.78, 5) is 25.6. The molecule has 2 rings (SSSR count). The molecule has 0 aliphatic heterocycles. The summed E-state index contributed by atoms with van der Waals surface area (Å²) in [6.07, 6.45) is 1.50. The van der Waals surface area contributed by atoms with Gasteiger partial charge in [-0.3, -0.25) is 0 Å². The molecule has 0 aromatic heterocycles. The molecule has 0 unspecified atom stereocenters. The summed E-state index contributed by atoms with van der Waals surface area (Å²) < 4.78 is 5.65. The molecule has 2 aromatic carbocycles. The number of allylic oxidation sites excluding steroid dienone is 1. The van der Waals surface area contributed by atoms with Gasteiger partial charge in [0, 0.05) is 0 Å². The second-order valence-corrected chi connectivity index (χ2v) is 6.45. The topological polar surface area (TPSA) is 43.4 Å². The third-order valence-corrected chi connectivity index (χ3v) is 4.22. The van der Waals surface area contributed by atoms with Crippen molar-refractivity contribution >= 4 is 38.9 Å². The van der Waals surface area contributed by atoms with Gasteiger partial charge >= 0.3 is 141 Å². The van der Waals surface area contributed by atoms with E-state index in [0.29, 0.717) is 16.9 Å². The number of hydrogen-bond donors (Lipinski definition) is 0. The fourth-order valence-electron chi connectivity index (χ4n) is 2.01. The van der Waals surface area contributed by atoms with E-state index in [2.05, 4.69) is 0 Å². The van der Waals surface area contributed by atoms with Crippen molar-refractivity contribution in [2.24, 2.45) is 0 Å². The number of rotatable bonds is 6. The Morgan fingerprint density at radius 2 is 1.38 bits per heavy atom. The molecule has 4 heteroatoms. The van der Waals surface area contributed by atoms with Gasteiger partial charge in [-0.25, -0.2) is 0 Å². The van der Waals surface area contributed by atoms with Gasteiger partial charge in [-0.1, -0.05) is 13.8 Å². The molecule has 0 saturated carbocycles. The second kappa shape index (κ2) is 10.8. The summed E-state index contributed by atoms with van der Waals surface area (Å²) in [5.41, 5.74) is 2.10. The van der Waals surface area contributed by atoms with Gasteiger partial charge in [0.25, 0.3) is 0 Å². The minimum atomic E-state index is -0.933. The average molecular weight is 429 g/mol. The van der Waals surface area contributed by atoms with Crippen molar-refractivity contribution in [1.82, 2.24) is 0 Å². The van der Waals surface area contributed by atoms with Crippen LogP contribution in [0, 0.1) is 0 Å². The van der Waals surface area contributed by atoms with Gasteiger partial charge in [-0.05, 0) is 0 Å². The quantitative estimate of drug-likeness (QED) is 0.293. The molecule has 3 nitrogen and oxygen atoms in total. The fraction of sp³-hybridized carbons (Fsp3) is 0.200. The zero-order valence-electron chi connectivity index (χ0n) is 14.5. The van der Waals surface area contributed by atoms with Gasteiger partial charge in [0.1, 0.15) is 0 Å². The average Bonchev–Trinajstić information content (AvgIpc) is 2.63. The van der Waals surface area contributed by atoms with Crippen LogP contribution in [0.15, 0.2) is 60.7 Å². The van der Waals surface area contributed by atoms with E-state index in [1.807, 2.05) is 49.1 Å². The van der Waals surface area contributed by atoms with Crippen molar-refractivity contribution in [2.75, 3.05) is 0 Å². The van der Waals surface area contributed by atoms with E-state index in [1.54, 1.807) is 24.3 Å². The third-order valence-electron chi connectivity index (χ3n) is 3.01. The molecular weight excluding hydrogens is 407 g/mol. The van der Waals surface area contributed by atoms with E-state index in [9.17, 15) is 9.59 Å². The first-order chi connectivity index (χ1) is 11.6. The van der Waals surface area contributed by atoms with E-state index < -0.39 is 21.6 Å². The summed E-state index contributed by atoms with van der Waals surface area (Å²) in [5, 5.41) is 0. The van der Waals surface area contributed by atoms with Gasteiger partial charge in [0.2, 0.25) is 0 Å². The Labute approximate surface area is 154 Å². The maximum absolute atomic E-state index is 12.3. The number of ketones is 2. The van der Waals surface area contributed by atoms with Crippen molar-refractivity contribution in [1.29, 1.82) is 0 Å². The summed E-state index contributed by atoms with van der Waals surface area (Å²) in [5.74, 6) is 0.532. The van der Waals surface area contributed by atoms with Crippen LogP contribution in [0.5, 0.6) is 0 Å². The summed E-state index contributed by atoms with van der Waals surface area (Å²) in [7, 11) is 0. The van der Waals surface area contributed by atoms with Crippen LogP contribution in [-0.2, 0) is 7.87 Å². The van der Waals surface area contributed by atoms with Crippen LogP contribution in [0.2, 0.25) is 4.94 Å². The van der Waals surface area contributed by atoms with E-state index in [-0.39, 0.29) is 11.6 Å². The molecule has 0 aliphatic carbocycles. The molecule has 0 aliphatic rings. The summed E-state index contributed by atoms with van der Waals surface area (Å²) in [6, 6.07) is 16.3. The van der Waals surface area contributed by atoms with E-state index >= 15 is 0 Å². The first kappa shape index (κ1) is 20.2. The molecule has 24 heavy (non-hydrogen) atoms. The van der Waals surface area contributed by atoms with Gasteiger partial charge in [0.05, 0.1) is 0 Å².